The predicted molar refractivity (Wildman–Crippen MR) is 45.5 cm³/mol. The Morgan fingerprint density at radius 3 is 3.00 bits per heavy atom. The van der Waals surface area contributed by atoms with Crippen molar-refractivity contribution >= 4 is 22.9 Å². The summed E-state index contributed by atoms with van der Waals surface area (Å²) in [5.41, 5.74) is 0. The second-order valence-corrected chi connectivity index (χ2v) is 3.88. The fourth-order valence-electron chi connectivity index (χ4n) is 1.07. The first-order valence-electron chi connectivity index (χ1n) is 3.38. The molecule has 1 aliphatic rings. The van der Waals surface area contributed by atoms with Crippen molar-refractivity contribution in [2.24, 2.45) is 0 Å². The van der Waals surface area contributed by atoms with E-state index in [9.17, 15) is 5.11 Å². The highest BCUT2D eigenvalue weighted by atomic mass is 127. The molecule has 0 aromatic carbocycles. The number of rotatable bonds is 0. The highest BCUT2D eigenvalue weighted by molar-refractivity contribution is 14.1. The van der Waals surface area contributed by atoms with Crippen molar-refractivity contribution in [1.29, 1.82) is 0 Å². The molecule has 0 amide bonds. The van der Waals surface area contributed by atoms with E-state index in [1.54, 1.807) is 0 Å². The van der Waals surface area contributed by atoms with Crippen LogP contribution in [0.2, 0.25) is 0 Å². The highest BCUT2D eigenvalue weighted by Gasteiger charge is 2.12. The van der Waals surface area contributed by atoms with Crippen LogP contribution >= 0.6 is 22.9 Å². The summed E-state index contributed by atoms with van der Waals surface area (Å²) in [7, 11) is 0. The van der Waals surface area contributed by atoms with Gasteiger partial charge in [-0.3, -0.25) is 0 Å². The van der Waals surface area contributed by atoms with Gasteiger partial charge < -0.3 is 5.11 Å². The summed E-state index contributed by atoms with van der Waals surface area (Å²) >= 11 is 2.27. The summed E-state index contributed by atoms with van der Waals surface area (Å²) in [5.74, 6) is 0. The van der Waals surface area contributed by atoms with Crippen LogP contribution in [0, 0.1) is 0 Å². The van der Waals surface area contributed by atoms with Crippen LogP contribution in [0.15, 0.2) is 0 Å². The van der Waals surface area contributed by atoms with Crippen molar-refractivity contribution in [2.75, 3.05) is 13.1 Å². The van der Waals surface area contributed by atoms with E-state index in [0.717, 1.165) is 19.5 Å². The summed E-state index contributed by atoms with van der Waals surface area (Å²) < 4.78 is 2.16. The number of halogens is 1. The Hall–Kier alpha value is 0.650. The van der Waals surface area contributed by atoms with Crippen LogP contribution in [0.1, 0.15) is 19.3 Å². The molecule has 0 radical (unpaired) electrons. The molecule has 0 aromatic heterocycles. The molecular formula is C6H12INO. The molecule has 1 aliphatic heterocycles. The molecule has 3 heteroatoms. The van der Waals surface area contributed by atoms with Gasteiger partial charge in [0.2, 0.25) is 0 Å². The monoisotopic (exact) mass is 241 g/mol. The SMILES string of the molecule is O[C@@H]1CCCCN(I)C1. The van der Waals surface area contributed by atoms with E-state index in [-0.39, 0.29) is 6.10 Å². The molecule has 1 atom stereocenters. The molecule has 1 heterocycles. The van der Waals surface area contributed by atoms with Gasteiger partial charge in [0.05, 0.1) is 6.10 Å². The van der Waals surface area contributed by atoms with Crippen LogP contribution in [0.25, 0.3) is 0 Å². The lowest BCUT2D eigenvalue weighted by Crippen LogP contribution is -2.21. The van der Waals surface area contributed by atoms with Gasteiger partial charge in [0, 0.05) is 36.0 Å². The first-order chi connectivity index (χ1) is 4.29. The maximum absolute atomic E-state index is 9.21. The van der Waals surface area contributed by atoms with Gasteiger partial charge in [0.25, 0.3) is 0 Å². The van der Waals surface area contributed by atoms with E-state index >= 15 is 0 Å². The van der Waals surface area contributed by atoms with Crippen LogP contribution < -0.4 is 0 Å². The fourth-order valence-corrected chi connectivity index (χ4v) is 1.87. The van der Waals surface area contributed by atoms with E-state index in [1.165, 1.54) is 12.8 Å². The van der Waals surface area contributed by atoms with Crippen molar-refractivity contribution in [3.8, 4) is 0 Å². The Bertz CT molecular complexity index is 79.1. The molecule has 1 fully saturated rings. The van der Waals surface area contributed by atoms with Gasteiger partial charge in [0.15, 0.2) is 0 Å². The predicted octanol–water partition coefficient (Wildman–Crippen LogP) is 1.18. The Morgan fingerprint density at radius 2 is 2.22 bits per heavy atom. The van der Waals surface area contributed by atoms with Crippen molar-refractivity contribution in [1.82, 2.24) is 3.11 Å². The lowest BCUT2D eigenvalue weighted by Gasteiger charge is -2.12. The summed E-state index contributed by atoms with van der Waals surface area (Å²) in [6.45, 7) is 1.98. The second-order valence-electron chi connectivity index (χ2n) is 2.52. The molecule has 1 rings (SSSR count). The third kappa shape index (κ3) is 2.82. The molecule has 2 nitrogen and oxygen atoms in total. The third-order valence-electron chi connectivity index (χ3n) is 1.60. The first kappa shape index (κ1) is 7.75. The van der Waals surface area contributed by atoms with Crippen LogP contribution in [0.3, 0.4) is 0 Å². The van der Waals surface area contributed by atoms with E-state index in [0.29, 0.717) is 0 Å². The normalized spacial score (nSPS) is 32.0. The summed E-state index contributed by atoms with van der Waals surface area (Å²) in [4.78, 5) is 0. The summed E-state index contributed by atoms with van der Waals surface area (Å²) in [5, 5.41) is 9.21. The molecule has 0 aliphatic carbocycles. The molecule has 1 saturated heterocycles. The molecule has 0 saturated carbocycles. The third-order valence-corrected chi connectivity index (χ3v) is 2.47. The quantitative estimate of drug-likeness (QED) is 0.508. The second kappa shape index (κ2) is 3.73. The van der Waals surface area contributed by atoms with Gasteiger partial charge in [-0.25, -0.2) is 3.11 Å². The van der Waals surface area contributed by atoms with Crippen molar-refractivity contribution in [3.63, 3.8) is 0 Å². The smallest absolute Gasteiger partial charge is 0.0675 e. The minimum atomic E-state index is -0.0793. The zero-order valence-corrected chi connectivity index (χ0v) is 7.54. The first-order valence-corrected chi connectivity index (χ1v) is 4.34. The summed E-state index contributed by atoms with van der Waals surface area (Å²) in [6, 6.07) is 0. The van der Waals surface area contributed by atoms with E-state index in [1.807, 2.05) is 0 Å². The van der Waals surface area contributed by atoms with Crippen LogP contribution in [0.5, 0.6) is 0 Å². The maximum Gasteiger partial charge on any atom is 0.0675 e. The van der Waals surface area contributed by atoms with Crippen molar-refractivity contribution < 1.29 is 5.11 Å². The van der Waals surface area contributed by atoms with Gasteiger partial charge in [-0.1, -0.05) is 0 Å². The van der Waals surface area contributed by atoms with Gasteiger partial charge >= 0.3 is 0 Å². The topological polar surface area (TPSA) is 23.5 Å². The van der Waals surface area contributed by atoms with Gasteiger partial charge in [-0.05, 0) is 19.3 Å². The molecule has 0 bridgehead atoms. The average molecular weight is 241 g/mol. The number of aliphatic hydroxyl groups excluding tert-OH is 1. The minimum Gasteiger partial charge on any atom is -0.392 e. The van der Waals surface area contributed by atoms with Gasteiger partial charge in [-0.15, -0.1) is 0 Å². The van der Waals surface area contributed by atoms with E-state index in [2.05, 4.69) is 26.0 Å². The lowest BCUT2D eigenvalue weighted by atomic mass is 10.2. The average Bonchev–Trinajstić information content (AvgIpc) is 1.93. The fraction of sp³-hybridized carbons (Fsp3) is 1.00. The van der Waals surface area contributed by atoms with Gasteiger partial charge in [-0.2, -0.15) is 0 Å². The Kier molecular flexibility index (Phi) is 3.21. The Balaban J connectivity index is 2.29. The van der Waals surface area contributed by atoms with Gasteiger partial charge in [0.1, 0.15) is 0 Å². The standard InChI is InChI=1S/C6H12INO/c7-8-4-2-1-3-6(9)5-8/h6,9H,1-5H2/t6-/m1/s1. The van der Waals surface area contributed by atoms with Crippen LogP contribution in [-0.4, -0.2) is 27.4 Å². The maximum atomic E-state index is 9.21. The zero-order chi connectivity index (χ0) is 6.69. The number of hydrogen-bond donors (Lipinski definition) is 1. The zero-order valence-electron chi connectivity index (χ0n) is 5.39. The molecule has 0 aromatic rings. The minimum absolute atomic E-state index is 0.0793. The molecular weight excluding hydrogens is 229 g/mol. The number of hydrogen-bond acceptors (Lipinski definition) is 2. The highest BCUT2D eigenvalue weighted by Crippen LogP contribution is 2.12. The lowest BCUT2D eigenvalue weighted by molar-refractivity contribution is 0.155. The largest absolute Gasteiger partial charge is 0.392 e. The molecule has 54 valence electrons. The Labute approximate surface area is 69.7 Å². The van der Waals surface area contributed by atoms with Crippen molar-refractivity contribution in [3.05, 3.63) is 0 Å². The number of nitrogens with zero attached hydrogens (tertiary/aromatic N) is 1. The number of β-amino-alcohol motifs (C(OH)–C–C–N with tert-alkyl or cyclic N) is 1. The van der Waals surface area contributed by atoms with Crippen LogP contribution in [0.4, 0.5) is 0 Å². The molecule has 0 unspecified atom stereocenters. The molecule has 9 heavy (non-hydrogen) atoms. The van der Waals surface area contributed by atoms with Crippen LogP contribution in [-0.2, 0) is 0 Å². The summed E-state index contributed by atoms with van der Waals surface area (Å²) in [6.07, 6.45) is 3.32. The molecule has 1 N–H and O–H groups in total. The van der Waals surface area contributed by atoms with E-state index in [4.69, 9.17) is 0 Å². The number of aliphatic hydroxyl groups is 1. The van der Waals surface area contributed by atoms with Crippen molar-refractivity contribution in [2.45, 2.75) is 25.4 Å². The van der Waals surface area contributed by atoms with E-state index < -0.39 is 0 Å². The Morgan fingerprint density at radius 1 is 1.44 bits per heavy atom. The molecule has 0 spiro atoms.